The highest BCUT2D eigenvalue weighted by Gasteiger charge is 2.45. The Hall–Kier alpha value is -16.6. The number of nitrogens with zero attached hydrogens (tertiary/aromatic N) is 9. The van der Waals surface area contributed by atoms with Crippen LogP contribution in [0.2, 0.25) is 0 Å². The van der Waals surface area contributed by atoms with Crippen LogP contribution < -0.4 is 26.2 Å². The van der Waals surface area contributed by atoms with Gasteiger partial charge in [-0.1, -0.05) is 352 Å². The standard InChI is InChI=1S/C114H74BN9/c1-11-33-75(34-12-1)86-55-59-99-104(71-86)122(94-65-89(77-37-15-3-16-38-77)63-90(66-94)78-39-17-4-18-40-78)106-73-93(74-107-108(106)115(99)100-60-56-87(76-35-13-2-14-36-76)72-105(100)123(107)95-67-91(79-41-19-5-20-42-79)64-92(68-95)80-43-21-6-22-44-80)85-57-61-102-97(69-85)96-53-31-32-54-101(96)124(102)103-62-58-88(113-118-109(81-45-23-7-24-46-81)116-110(119-113)82-47-25-8-26-48-82)70-98(103)114-120-111(83-49-27-9-28-50-83)117-112(121-114)84-51-29-10-30-52-84/h1-74H. The third-order valence-corrected chi connectivity index (χ3v) is 24.2. The fourth-order valence-corrected chi connectivity index (χ4v) is 18.3. The highest BCUT2D eigenvalue weighted by Crippen LogP contribution is 2.51. The third-order valence-electron chi connectivity index (χ3n) is 24.2. The van der Waals surface area contributed by atoms with Gasteiger partial charge in [0.1, 0.15) is 0 Å². The summed E-state index contributed by atoms with van der Waals surface area (Å²) < 4.78 is 2.39. The fraction of sp³-hybridized carbons (Fsp3) is 0. The van der Waals surface area contributed by atoms with E-state index in [-0.39, 0.29) is 6.71 Å². The first-order valence-corrected chi connectivity index (χ1v) is 42.1. The molecular formula is C114H74BN9. The minimum Gasteiger partial charge on any atom is -0.311 e. The van der Waals surface area contributed by atoms with Gasteiger partial charge < -0.3 is 14.4 Å². The van der Waals surface area contributed by atoms with Crippen LogP contribution in [0.3, 0.4) is 0 Å². The van der Waals surface area contributed by atoms with Gasteiger partial charge in [0.15, 0.2) is 34.9 Å². The van der Waals surface area contributed by atoms with Crippen molar-refractivity contribution in [2.24, 2.45) is 0 Å². The Balaban J connectivity index is 0.801. The number of hydrogen-bond acceptors (Lipinski definition) is 8. The van der Waals surface area contributed by atoms with Gasteiger partial charge in [-0.15, -0.1) is 0 Å². The Kier molecular flexibility index (Phi) is 18.2. The zero-order valence-corrected chi connectivity index (χ0v) is 67.3. The molecule has 10 heteroatoms. The van der Waals surface area contributed by atoms with E-state index in [4.69, 9.17) is 29.9 Å². The Labute approximate surface area is 719 Å². The maximum Gasteiger partial charge on any atom is 0.252 e. The maximum absolute atomic E-state index is 5.52. The average Bonchev–Trinajstić information content (AvgIpc) is 0.770. The van der Waals surface area contributed by atoms with Crippen molar-refractivity contribution in [1.82, 2.24) is 34.5 Å². The summed E-state index contributed by atoms with van der Waals surface area (Å²) >= 11 is 0. The molecule has 0 saturated carbocycles. The zero-order chi connectivity index (χ0) is 82.0. The molecule has 0 saturated heterocycles. The number of benzene rings is 18. The minimum atomic E-state index is -0.233. The van der Waals surface area contributed by atoms with Gasteiger partial charge in [0.05, 0.1) is 16.7 Å². The zero-order valence-electron chi connectivity index (χ0n) is 67.3. The van der Waals surface area contributed by atoms with Crippen molar-refractivity contribution in [2.45, 2.75) is 0 Å². The molecule has 3 aromatic heterocycles. The second kappa shape index (κ2) is 31.0. The minimum absolute atomic E-state index is 0.233. The molecule has 0 N–H and O–H groups in total. The van der Waals surface area contributed by atoms with E-state index in [0.717, 1.165) is 173 Å². The number of fused-ring (bicyclic) bond motifs is 7. The Morgan fingerprint density at radius 2 is 0.452 bits per heavy atom. The van der Waals surface area contributed by atoms with E-state index in [2.05, 4.69) is 366 Å². The first kappa shape index (κ1) is 72.7. The lowest BCUT2D eigenvalue weighted by atomic mass is 9.33. The molecule has 18 aromatic carbocycles. The summed E-state index contributed by atoms with van der Waals surface area (Å²) in [4.78, 5) is 37.2. The molecule has 124 heavy (non-hydrogen) atoms. The highest BCUT2D eigenvalue weighted by atomic mass is 15.2. The molecule has 0 aliphatic carbocycles. The van der Waals surface area contributed by atoms with Crippen LogP contribution in [0.1, 0.15) is 0 Å². The van der Waals surface area contributed by atoms with Gasteiger partial charge >= 0.3 is 0 Å². The fourth-order valence-electron chi connectivity index (χ4n) is 18.3. The van der Waals surface area contributed by atoms with Gasteiger partial charge in [-0.2, -0.15) is 0 Å². The monoisotopic (exact) mass is 1580 g/mol. The lowest BCUT2D eigenvalue weighted by molar-refractivity contribution is 1.06. The number of anilines is 6. The number of hydrogen-bond donors (Lipinski definition) is 0. The van der Waals surface area contributed by atoms with E-state index in [1.165, 1.54) is 16.4 Å². The molecule has 0 fully saturated rings. The molecule has 578 valence electrons. The van der Waals surface area contributed by atoms with Crippen molar-refractivity contribution >= 4 is 79.0 Å². The van der Waals surface area contributed by atoms with Gasteiger partial charge in [0, 0.05) is 78.3 Å². The molecule has 0 bridgehead atoms. The number of rotatable bonds is 16. The van der Waals surface area contributed by atoms with E-state index < -0.39 is 0 Å². The molecule has 2 aliphatic rings. The molecule has 0 spiro atoms. The van der Waals surface area contributed by atoms with Crippen LogP contribution in [0.15, 0.2) is 449 Å². The summed E-state index contributed by atoms with van der Waals surface area (Å²) in [6.07, 6.45) is 0. The van der Waals surface area contributed by atoms with E-state index in [1.807, 2.05) is 97.1 Å². The molecule has 21 aromatic rings. The SMILES string of the molecule is c1ccc(-c2cc(-c3ccccc3)cc(N3c4cc(-c5ccccc5)ccc4B4c5ccc(-c6ccccc6)cc5N(c5cc(-c6ccccc6)cc(-c6ccccc6)c5)c5cc(-c6ccc7c(c6)c6ccccc6n7-c6ccc(-c7nc(-c8ccccc8)nc(-c8ccccc8)n7)cc6-c6nc(-c7ccccc7)nc(-c7ccccc7)n6)cc3c54)c2)cc1. The second-order valence-electron chi connectivity index (χ2n) is 31.7. The summed E-state index contributed by atoms with van der Waals surface area (Å²) in [5.41, 5.74) is 33.4. The molecule has 0 amide bonds. The van der Waals surface area contributed by atoms with Gasteiger partial charge in [-0.05, 0) is 191 Å². The molecule has 2 aliphatic heterocycles. The summed E-state index contributed by atoms with van der Waals surface area (Å²) in [7, 11) is 0. The van der Waals surface area contributed by atoms with E-state index in [1.54, 1.807) is 0 Å². The maximum atomic E-state index is 5.52. The average molecular weight is 1580 g/mol. The van der Waals surface area contributed by atoms with Crippen molar-refractivity contribution in [3.8, 4) is 152 Å². The van der Waals surface area contributed by atoms with Gasteiger partial charge in [-0.25, -0.2) is 29.9 Å². The Bertz CT molecular complexity index is 7160. The summed E-state index contributed by atoms with van der Waals surface area (Å²) in [6, 6.07) is 162. The van der Waals surface area contributed by atoms with Crippen molar-refractivity contribution < 1.29 is 0 Å². The molecule has 23 rings (SSSR count). The molecule has 5 heterocycles. The number of para-hydroxylation sites is 1. The van der Waals surface area contributed by atoms with Crippen molar-refractivity contribution in [2.75, 3.05) is 9.80 Å². The van der Waals surface area contributed by atoms with E-state index >= 15 is 0 Å². The molecule has 0 radical (unpaired) electrons. The van der Waals surface area contributed by atoms with Crippen LogP contribution in [-0.2, 0) is 0 Å². The lowest BCUT2D eigenvalue weighted by Crippen LogP contribution is -2.61. The molecular weight excluding hydrogens is 1510 g/mol. The van der Waals surface area contributed by atoms with Crippen LogP contribution in [0.25, 0.3) is 174 Å². The molecule has 0 atom stereocenters. The van der Waals surface area contributed by atoms with Gasteiger partial charge in [0.2, 0.25) is 0 Å². The van der Waals surface area contributed by atoms with E-state index in [0.29, 0.717) is 34.9 Å². The Morgan fingerprint density at radius 3 is 0.831 bits per heavy atom. The largest absolute Gasteiger partial charge is 0.311 e. The van der Waals surface area contributed by atoms with Crippen molar-refractivity contribution in [3.63, 3.8) is 0 Å². The quantitative estimate of drug-likeness (QED) is 0.0884. The van der Waals surface area contributed by atoms with Crippen LogP contribution in [0.4, 0.5) is 34.1 Å². The third kappa shape index (κ3) is 13.3. The predicted molar refractivity (Wildman–Crippen MR) is 512 cm³/mol. The summed E-state index contributed by atoms with van der Waals surface area (Å²) in [6.45, 7) is -0.233. The normalized spacial score (nSPS) is 12.0. The summed E-state index contributed by atoms with van der Waals surface area (Å²) in [5.74, 6) is 3.18. The van der Waals surface area contributed by atoms with Gasteiger partial charge in [-0.3, -0.25) is 0 Å². The molecule has 9 nitrogen and oxygen atoms in total. The van der Waals surface area contributed by atoms with E-state index in [9.17, 15) is 0 Å². The Morgan fingerprint density at radius 1 is 0.169 bits per heavy atom. The van der Waals surface area contributed by atoms with Crippen molar-refractivity contribution in [3.05, 3.63) is 449 Å². The summed E-state index contributed by atoms with van der Waals surface area (Å²) in [5, 5.41) is 2.13. The molecule has 0 unspecified atom stereocenters. The lowest BCUT2D eigenvalue weighted by Gasteiger charge is -2.45. The first-order valence-electron chi connectivity index (χ1n) is 42.1. The number of aromatic nitrogens is 7. The predicted octanol–water partition coefficient (Wildman–Crippen LogP) is 26.9. The second-order valence-corrected chi connectivity index (χ2v) is 31.7. The van der Waals surface area contributed by atoms with Crippen LogP contribution >= 0.6 is 0 Å². The first-order chi connectivity index (χ1) is 61.4. The van der Waals surface area contributed by atoms with Crippen LogP contribution in [0, 0.1) is 0 Å². The van der Waals surface area contributed by atoms with Gasteiger partial charge in [0.25, 0.3) is 6.71 Å². The van der Waals surface area contributed by atoms with Crippen molar-refractivity contribution in [1.29, 1.82) is 0 Å². The van der Waals surface area contributed by atoms with Crippen LogP contribution in [0.5, 0.6) is 0 Å². The topological polar surface area (TPSA) is 88.8 Å². The smallest absolute Gasteiger partial charge is 0.252 e. The highest BCUT2D eigenvalue weighted by molar-refractivity contribution is 7.00. The van der Waals surface area contributed by atoms with Crippen LogP contribution in [-0.4, -0.2) is 41.2 Å².